The fourth-order valence-corrected chi connectivity index (χ4v) is 2.02. The number of amides is 1. The number of likely N-dealkylation sites (N-methyl/N-ethyl adjacent to an activating group) is 1. The number of aromatic nitrogens is 3. The van der Waals surface area contributed by atoms with Gasteiger partial charge >= 0.3 is 0 Å². The van der Waals surface area contributed by atoms with E-state index < -0.39 is 0 Å². The van der Waals surface area contributed by atoms with Crippen LogP contribution in [0.15, 0.2) is 35.1 Å². The average Bonchev–Trinajstić information content (AvgIpc) is 2.77. The minimum absolute atomic E-state index is 0.0550. The first-order valence-corrected chi connectivity index (χ1v) is 6.48. The Hall–Kier alpha value is -1.89. The first kappa shape index (κ1) is 13.5. The highest BCUT2D eigenvalue weighted by Gasteiger charge is 2.12. The van der Waals surface area contributed by atoms with Gasteiger partial charge in [0.25, 0.3) is 0 Å². The number of nitrogens with zero attached hydrogens (tertiary/aromatic N) is 4. The number of halogens is 1. The second kappa shape index (κ2) is 5.83. The molecule has 1 amide bonds. The van der Waals surface area contributed by atoms with Crippen LogP contribution < -0.4 is 5.73 Å². The van der Waals surface area contributed by atoms with Gasteiger partial charge in [-0.05, 0) is 11.6 Å². The number of nitrogen functional groups attached to an aromatic ring is 1. The molecular weight excluding hydrogens is 310 g/mol. The van der Waals surface area contributed by atoms with E-state index in [9.17, 15) is 4.79 Å². The summed E-state index contributed by atoms with van der Waals surface area (Å²) < 4.78 is 2.41. The highest BCUT2D eigenvalue weighted by Crippen LogP contribution is 2.17. The third kappa shape index (κ3) is 3.54. The maximum atomic E-state index is 12.0. The molecule has 19 heavy (non-hydrogen) atoms. The van der Waals surface area contributed by atoms with Gasteiger partial charge in [0, 0.05) is 18.1 Å². The van der Waals surface area contributed by atoms with E-state index in [2.05, 4.69) is 26.0 Å². The molecule has 2 aromatic rings. The number of anilines is 1. The number of hydrogen-bond acceptors (Lipinski definition) is 4. The molecule has 0 fully saturated rings. The van der Waals surface area contributed by atoms with Crippen LogP contribution in [0.3, 0.4) is 0 Å². The molecule has 0 atom stereocenters. The number of carbonyl (C=O) groups is 1. The Morgan fingerprint density at radius 3 is 2.84 bits per heavy atom. The van der Waals surface area contributed by atoms with Gasteiger partial charge in [0.15, 0.2) is 0 Å². The average molecular weight is 324 g/mol. The Kier molecular flexibility index (Phi) is 4.16. The minimum Gasteiger partial charge on any atom is -0.367 e. The number of rotatable bonds is 4. The maximum absolute atomic E-state index is 12.0. The highest BCUT2D eigenvalue weighted by molar-refractivity contribution is 9.10. The van der Waals surface area contributed by atoms with Crippen molar-refractivity contribution in [1.82, 2.24) is 19.7 Å². The zero-order valence-corrected chi connectivity index (χ0v) is 12.0. The van der Waals surface area contributed by atoms with E-state index in [4.69, 9.17) is 5.73 Å². The molecule has 6 nitrogen and oxygen atoms in total. The van der Waals surface area contributed by atoms with E-state index in [1.54, 1.807) is 11.9 Å². The van der Waals surface area contributed by atoms with Crippen LogP contribution in [0.4, 0.5) is 5.95 Å². The Bertz CT molecular complexity index is 583. The predicted octanol–water partition coefficient (Wildman–Crippen LogP) is 1.28. The summed E-state index contributed by atoms with van der Waals surface area (Å²) in [5.74, 6) is 0.113. The third-order valence-corrected chi connectivity index (χ3v) is 3.42. The summed E-state index contributed by atoms with van der Waals surface area (Å²) in [7, 11) is 1.75. The molecule has 0 aliphatic carbocycles. The molecule has 1 aromatic heterocycles. The summed E-state index contributed by atoms with van der Waals surface area (Å²) >= 11 is 3.46. The van der Waals surface area contributed by atoms with E-state index in [-0.39, 0.29) is 18.4 Å². The lowest BCUT2D eigenvalue weighted by molar-refractivity contribution is -0.131. The molecule has 0 spiro atoms. The van der Waals surface area contributed by atoms with Crippen molar-refractivity contribution >= 4 is 27.8 Å². The van der Waals surface area contributed by atoms with Gasteiger partial charge in [-0.2, -0.15) is 0 Å². The fraction of sp³-hybridized carbons (Fsp3) is 0.250. The highest BCUT2D eigenvalue weighted by atomic mass is 79.9. The SMILES string of the molecule is CN(Cc1ccccc1Br)C(=O)Cn1cnc(N)n1. The molecule has 2 N–H and O–H groups in total. The summed E-state index contributed by atoms with van der Waals surface area (Å²) in [6.45, 7) is 0.662. The van der Waals surface area contributed by atoms with Gasteiger partial charge in [-0.3, -0.25) is 4.79 Å². The first-order valence-electron chi connectivity index (χ1n) is 5.68. The smallest absolute Gasteiger partial charge is 0.244 e. The molecule has 0 bridgehead atoms. The van der Waals surface area contributed by atoms with Gasteiger partial charge in [0.1, 0.15) is 12.9 Å². The Morgan fingerprint density at radius 1 is 1.47 bits per heavy atom. The topological polar surface area (TPSA) is 77.0 Å². The molecule has 1 aromatic carbocycles. The van der Waals surface area contributed by atoms with Crippen LogP contribution in [0, 0.1) is 0 Å². The number of carbonyl (C=O) groups excluding carboxylic acids is 1. The van der Waals surface area contributed by atoms with Crippen LogP contribution in [-0.4, -0.2) is 32.6 Å². The summed E-state index contributed by atoms with van der Waals surface area (Å²) in [6, 6.07) is 7.80. The van der Waals surface area contributed by atoms with Crippen molar-refractivity contribution in [2.45, 2.75) is 13.1 Å². The van der Waals surface area contributed by atoms with E-state index in [0.717, 1.165) is 10.0 Å². The number of hydrogen-bond donors (Lipinski definition) is 1. The van der Waals surface area contributed by atoms with Crippen molar-refractivity contribution in [1.29, 1.82) is 0 Å². The van der Waals surface area contributed by atoms with E-state index in [0.29, 0.717) is 6.54 Å². The van der Waals surface area contributed by atoms with Crippen molar-refractivity contribution in [2.24, 2.45) is 0 Å². The summed E-state index contributed by atoms with van der Waals surface area (Å²) in [6.07, 6.45) is 1.44. The zero-order chi connectivity index (χ0) is 13.8. The van der Waals surface area contributed by atoms with Gasteiger partial charge in [-0.1, -0.05) is 34.1 Å². The van der Waals surface area contributed by atoms with Crippen LogP contribution >= 0.6 is 15.9 Å². The Morgan fingerprint density at radius 2 is 2.21 bits per heavy atom. The molecule has 0 radical (unpaired) electrons. The van der Waals surface area contributed by atoms with Crippen molar-refractivity contribution in [3.8, 4) is 0 Å². The van der Waals surface area contributed by atoms with Crippen LogP contribution in [0.2, 0.25) is 0 Å². The lowest BCUT2D eigenvalue weighted by Gasteiger charge is -2.17. The lowest BCUT2D eigenvalue weighted by atomic mass is 10.2. The normalized spacial score (nSPS) is 10.4. The Balaban J connectivity index is 1.98. The van der Waals surface area contributed by atoms with Crippen molar-refractivity contribution < 1.29 is 4.79 Å². The first-order chi connectivity index (χ1) is 9.06. The lowest BCUT2D eigenvalue weighted by Crippen LogP contribution is -2.30. The number of benzene rings is 1. The fourth-order valence-electron chi connectivity index (χ4n) is 1.61. The maximum Gasteiger partial charge on any atom is 0.244 e. The van der Waals surface area contributed by atoms with Crippen molar-refractivity contribution in [2.75, 3.05) is 12.8 Å². The molecule has 100 valence electrons. The molecule has 0 unspecified atom stereocenters. The molecule has 0 aliphatic rings. The Labute approximate surface area is 119 Å². The largest absolute Gasteiger partial charge is 0.367 e. The molecular formula is C12H14BrN5O. The van der Waals surface area contributed by atoms with Crippen LogP contribution in [0.1, 0.15) is 5.56 Å². The standard InChI is InChI=1S/C12H14BrN5O/c1-17(6-9-4-2-3-5-10(9)13)11(19)7-18-8-15-12(14)16-18/h2-5,8H,6-7H2,1H3,(H2,14,16). The van der Waals surface area contributed by atoms with Crippen molar-refractivity contribution in [3.05, 3.63) is 40.6 Å². The van der Waals surface area contributed by atoms with Gasteiger partial charge in [0.05, 0.1) is 0 Å². The predicted molar refractivity (Wildman–Crippen MR) is 75.1 cm³/mol. The van der Waals surface area contributed by atoms with E-state index in [1.807, 2.05) is 24.3 Å². The summed E-state index contributed by atoms with van der Waals surface area (Å²) in [5, 5.41) is 3.88. The molecule has 2 rings (SSSR count). The van der Waals surface area contributed by atoms with Crippen LogP contribution in [-0.2, 0) is 17.9 Å². The van der Waals surface area contributed by atoms with Gasteiger partial charge in [0.2, 0.25) is 11.9 Å². The summed E-state index contributed by atoms with van der Waals surface area (Å²) in [4.78, 5) is 17.4. The van der Waals surface area contributed by atoms with Crippen molar-refractivity contribution in [3.63, 3.8) is 0 Å². The van der Waals surface area contributed by atoms with Crippen LogP contribution in [0.5, 0.6) is 0 Å². The van der Waals surface area contributed by atoms with Gasteiger partial charge in [-0.15, -0.1) is 5.10 Å². The third-order valence-electron chi connectivity index (χ3n) is 2.64. The zero-order valence-electron chi connectivity index (χ0n) is 10.5. The second-order valence-electron chi connectivity index (χ2n) is 4.14. The van der Waals surface area contributed by atoms with Gasteiger partial charge < -0.3 is 10.6 Å². The molecule has 7 heteroatoms. The molecule has 0 saturated carbocycles. The van der Waals surface area contributed by atoms with Crippen LogP contribution in [0.25, 0.3) is 0 Å². The summed E-state index contributed by atoms with van der Waals surface area (Å²) in [5.41, 5.74) is 6.45. The quantitative estimate of drug-likeness (QED) is 0.919. The monoisotopic (exact) mass is 323 g/mol. The molecule has 0 aliphatic heterocycles. The molecule has 1 heterocycles. The van der Waals surface area contributed by atoms with E-state index in [1.165, 1.54) is 11.0 Å². The molecule has 0 saturated heterocycles. The second-order valence-corrected chi connectivity index (χ2v) is 5.00. The van der Waals surface area contributed by atoms with Gasteiger partial charge in [-0.25, -0.2) is 9.67 Å². The van der Waals surface area contributed by atoms with E-state index >= 15 is 0 Å². The number of nitrogens with two attached hydrogens (primary N) is 1. The minimum atomic E-state index is -0.0550.